The van der Waals surface area contributed by atoms with Crippen molar-refractivity contribution in [2.75, 3.05) is 13.7 Å². The smallest absolute Gasteiger partial charge is 0.119 e. The molecular formula is C11H13NOS. The SMILES string of the molecule is COc1ccc2sc(CCN)cc2c1. The number of ether oxygens (including phenoxy) is 1. The molecule has 1 aromatic carbocycles. The monoisotopic (exact) mass is 207 g/mol. The standard InChI is InChI=1S/C11H13NOS/c1-13-9-2-3-11-8(6-9)7-10(14-11)4-5-12/h2-3,6-7H,4-5,12H2,1H3. The molecule has 0 atom stereocenters. The molecule has 0 bridgehead atoms. The van der Waals surface area contributed by atoms with Crippen molar-refractivity contribution >= 4 is 21.4 Å². The van der Waals surface area contributed by atoms with Gasteiger partial charge in [0.25, 0.3) is 0 Å². The Bertz CT molecular complexity index is 436. The van der Waals surface area contributed by atoms with E-state index in [0.29, 0.717) is 6.54 Å². The maximum absolute atomic E-state index is 5.52. The van der Waals surface area contributed by atoms with Gasteiger partial charge in [-0.15, -0.1) is 11.3 Å². The van der Waals surface area contributed by atoms with E-state index in [0.717, 1.165) is 12.2 Å². The zero-order valence-corrected chi connectivity index (χ0v) is 8.93. The van der Waals surface area contributed by atoms with Crippen molar-refractivity contribution in [1.29, 1.82) is 0 Å². The van der Waals surface area contributed by atoms with E-state index >= 15 is 0 Å². The summed E-state index contributed by atoms with van der Waals surface area (Å²) in [5.41, 5.74) is 5.52. The number of methoxy groups -OCH3 is 1. The average molecular weight is 207 g/mol. The van der Waals surface area contributed by atoms with Crippen molar-refractivity contribution in [2.45, 2.75) is 6.42 Å². The molecule has 0 unspecified atom stereocenters. The fraction of sp³-hybridized carbons (Fsp3) is 0.273. The third-order valence-corrected chi connectivity index (χ3v) is 3.34. The Balaban J connectivity index is 2.43. The number of hydrogen-bond acceptors (Lipinski definition) is 3. The van der Waals surface area contributed by atoms with Crippen LogP contribution in [0.3, 0.4) is 0 Å². The van der Waals surface area contributed by atoms with Gasteiger partial charge >= 0.3 is 0 Å². The summed E-state index contributed by atoms with van der Waals surface area (Å²) in [4.78, 5) is 1.34. The fourth-order valence-electron chi connectivity index (χ4n) is 1.47. The summed E-state index contributed by atoms with van der Waals surface area (Å²) >= 11 is 1.81. The molecule has 14 heavy (non-hydrogen) atoms. The maximum Gasteiger partial charge on any atom is 0.119 e. The Hall–Kier alpha value is -1.06. The second kappa shape index (κ2) is 3.98. The van der Waals surface area contributed by atoms with Gasteiger partial charge in [-0.1, -0.05) is 0 Å². The van der Waals surface area contributed by atoms with Crippen molar-refractivity contribution in [3.8, 4) is 5.75 Å². The number of fused-ring (bicyclic) bond motifs is 1. The highest BCUT2D eigenvalue weighted by molar-refractivity contribution is 7.19. The lowest BCUT2D eigenvalue weighted by atomic mass is 10.2. The predicted molar refractivity (Wildman–Crippen MR) is 61.1 cm³/mol. The molecule has 0 fully saturated rings. The van der Waals surface area contributed by atoms with Crippen LogP contribution in [0.15, 0.2) is 24.3 Å². The van der Waals surface area contributed by atoms with E-state index in [1.165, 1.54) is 15.0 Å². The van der Waals surface area contributed by atoms with Crippen molar-refractivity contribution in [3.63, 3.8) is 0 Å². The summed E-state index contributed by atoms with van der Waals surface area (Å²) in [6, 6.07) is 8.34. The lowest BCUT2D eigenvalue weighted by Crippen LogP contribution is -2.00. The molecule has 1 heterocycles. The topological polar surface area (TPSA) is 35.2 Å². The van der Waals surface area contributed by atoms with Gasteiger partial charge in [0.05, 0.1) is 7.11 Å². The minimum absolute atomic E-state index is 0.712. The summed E-state index contributed by atoms with van der Waals surface area (Å²) in [6.07, 6.45) is 0.960. The lowest BCUT2D eigenvalue weighted by molar-refractivity contribution is 0.415. The first-order chi connectivity index (χ1) is 6.83. The van der Waals surface area contributed by atoms with Crippen molar-refractivity contribution in [1.82, 2.24) is 0 Å². The molecule has 74 valence electrons. The quantitative estimate of drug-likeness (QED) is 0.838. The molecule has 0 radical (unpaired) electrons. The van der Waals surface area contributed by atoms with Crippen LogP contribution < -0.4 is 10.5 Å². The summed E-state index contributed by atoms with van der Waals surface area (Å²) in [7, 11) is 1.69. The van der Waals surface area contributed by atoms with Gasteiger partial charge in [-0.05, 0) is 42.6 Å². The molecule has 2 nitrogen and oxygen atoms in total. The Kier molecular flexibility index (Phi) is 2.70. The molecule has 2 rings (SSSR count). The molecule has 0 aliphatic heterocycles. The van der Waals surface area contributed by atoms with E-state index in [-0.39, 0.29) is 0 Å². The highest BCUT2D eigenvalue weighted by Gasteiger charge is 2.02. The van der Waals surface area contributed by atoms with Crippen molar-refractivity contribution in [3.05, 3.63) is 29.1 Å². The van der Waals surface area contributed by atoms with E-state index in [2.05, 4.69) is 18.2 Å². The van der Waals surface area contributed by atoms with Crippen LogP contribution in [0.5, 0.6) is 5.75 Å². The molecule has 2 aromatic rings. The van der Waals surface area contributed by atoms with Gasteiger partial charge in [0.15, 0.2) is 0 Å². The van der Waals surface area contributed by atoms with Gasteiger partial charge in [0.2, 0.25) is 0 Å². The Labute approximate surface area is 87.3 Å². The predicted octanol–water partition coefficient (Wildman–Crippen LogP) is 2.41. The number of nitrogens with two attached hydrogens (primary N) is 1. The number of thiophene rings is 1. The van der Waals surface area contributed by atoms with Crippen LogP contribution in [0, 0.1) is 0 Å². The Morgan fingerprint density at radius 2 is 2.21 bits per heavy atom. The highest BCUT2D eigenvalue weighted by Crippen LogP contribution is 2.28. The van der Waals surface area contributed by atoms with Crippen LogP contribution in [-0.4, -0.2) is 13.7 Å². The van der Waals surface area contributed by atoms with Crippen LogP contribution in [0.25, 0.3) is 10.1 Å². The fourth-order valence-corrected chi connectivity index (χ4v) is 2.53. The molecule has 0 saturated carbocycles. The van der Waals surface area contributed by atoms with E-state index in [4.69, 9.17) is 10.5 Å². The number of hydrogen-bond donors (Lipinski definition) is 1. The molecule has 2 N–H and O–H groups in total. The molecule has 0 spiro atoms. The van der Waals surface area contributed by atoms with Gasteiger partial charge in [0.1, 0.15) is 5.75 Å². The van der Waals surface area contributed by atoms with Gasteiger partial charge < -0.3 is 10.5 Å². The van der Waals surface area contributed by atoms with Gasteiger partial charge in [0, 0.05) is 9.58 Å². The molecule has 0 aliphatic rings. The lowest BCUT2D eigenvalue weighted by Gasteiger charge is -1.97. The van der Waals surface area contributed by atoms with Gasteiger partial charge in [-0.2, -0.15) is 0 Å². The second-order valence-electron chi connectivity index (χ2n) is 3.16. The van der Waals surface area contributed by atoms with Crippen LogP contribution >= 0.6 is 11.3 Å². The highest BCUT2D eigenvalue weighted by atomic mass is 32.1. The second-order valence-corrected chi connectivity index (χ2v) is 4.32. The maximum atomic E-state index is 5.52. The summed E-state index contributed by atoms with van der Waals surface area (Å²) < 4.78 is 6.47. The molecule has 0 aliphatic carbocycles. The Morgan fingerprint density at radius 1 is 1.36 bits per heavy atom. The first-order valence-corrected chi connectivity index (χ1v) is 5.41. The van der Waals surface area contributed by atoms with E-state index in [1.54, 1.807) is 18.4 Å². The molecule has 1 aromatic heterocycles. The normalized spacial score (nSPS) is 10.7. The third kappa shape index (κ3) is 1.74. The van der Waals surface area contributed by atoms with Crippen LogP contribution in [-0.2, 0) is 6.42 Å². The zero-order chi connectivity index (χ0) is 9.97. The minimum atomic E-state index is 0.712. The zero-order valence-electron chi connectivity index (χ0n) is 8.12. The number of benzene rings is 1. The van der Waals surface area contributed by atoms with Gasteiger partial charge in [-0.3, -0.25) is 0 Å². The summed E-state index contributed by atoms with van der Waals surface area (Å²) in [6.45, 7) is 0.712. The van der Waals surface area contributed by atoms with E-state index in [9.17, 15) is 0 Å². The van der Waals surface area contributed by atoms with E-state index < -0.39 is 0 Å². The average Bonchev–Trinajstić information content (AvgIpc) is 2.59. The van der Waals surface area contributed by atoms with Crippen molar-refractivity contribution < 1.29 is 4.74 Å². The molecule has 0 saturated heterocycles. The van der Waals surface area contributed by atoms with Crippen LogP contribution in [0.1, 0.15) is 4.88 Å². The largest absolute Gasteiger partial charge is 0.497 e. The first kappa shape index (κ1) is 9.49. The number of rotatable bonds is 3. The summed E-state index contributed by atoms with van der Waals surface area (Å²) in [5.74, 6) is 0.912. The minimum Gasteiger partial charge on any atom is -0.497 e. The van der Waals surface area contributed by atoms with Crippen LogP contribution in [0.2, 0.25) is 0 Å². The van der Waals surface area contributed by atoms with Crippen molar-refractivity contribution in [2.24, 2.45) is 5.73 Å². The molecular weight excluding hydrogens is 194 g/mol. The molecule has 0 amide bonds. The Morgan fingerprint density at radius 3 is 2.93 bits per heavy atom. The molecule has 3 heteroatoms. The summed E-state index contributed by atoms with van der Waals surface area (Å²) in [5, 5.41) is 1.25. The van der Waals surface area contributed by atoms with E-state index in [1.807, 2.05) is 6.07 Å². The van der Waals surface area contributed by atoms with Gasteiger partial charge in [-0.25, -0.2) is 0 Å². The third-order valence-electron chi connectivity index (χ3n) is 2.17. The van der Waals surface area contributed by atoms with Crippen LogP contribution in [0.4, 0.5) is 0 Å². The first-order valence-electron chi connectivity index (χ1n) is 4.60.